The first-order chi connectivity index (χ1) is 13.7. The third-order valence-electron chi connectivity index (χ3n) is 5.64. The number of piperazine rings is 1. The van der Waals surface area contributed by atoms with Gasteiger partial charge in [0, 0.05) is 11.3 Å². The summed E-state index contributed by atoms with van der Waals surface area (Å²) in [5.41, 5.74) is 3.40. The SMILES string of the molecule is CCc1ccccc1NC(=O)C[NH+]1CC[NH+](Cc2ccc3c(c2)OCO3)CC1. The van der Waals surface area contributed by atoms with Crippen LogP contribution in [-0.2, 0) is 17.8 Å². The minimum Gasteiger partial charge on any atom is -0.454 e. The highest BCUT2D eigenvalue weighted by atomic mass is 16.7. The molecule has 0 spiro atoms. The number of hydrogen-bond donors (Lipinski definition) is 3. The number of hydrogen-bond acceptors (Lipinski definition) is 3. The Morgan fingerprint density at radius 1 is 1.00 bits per heavy atom. The second-order valence-electron chi connectivity index (χ2n) is 7.60. The maximum Gasteiger partial charge on any atom is 0.279 e. The maximum absolute atomic E-state index is 12.5. The predicted molar refractivity (Wildman–Crippen MR) is 107 cm³/mol. The molecule has 3 N–H and O–H groups in total. The van der Waals surface area contributed by atoms with Crippen LogP contribution in [0, 0.1) is 0 Å². The van der Waals surface area contributed by atoms with Crippen molar-refractivity contribution in [3.63, 3.8) is 0 Å². The molecule has 6 heteroatoms. The number of nitrogens with one attached hydrogen (secondary N) is 3. The normalized spacial score (nSPS) is 20.8. The number of para-hydroxylation sites is 1. The molecule has 0 saturated carbocycles. The molecular weight excluding hydrogens is 354 g/mol. The molecule has 0 atom stereocenters. The fourth-order valence-corrected chi connectivity index (χ4v) is 4.02. The van der Waals surface area contributed by atoms with E-state index in [1.807, 2.05) is 24.3 Å². The molecular formula is C22H29N3O3+2. The highest BCUT2D eigenvalue weighted by Gasteiger charge is 2.25. The van der Waals surface area contributed by atoms with E-state index in [2.05, 4.69) is 30.4 Å². The summed E-state index contributed by atoms with van der Waals surface area (Å²) in [7, 11) is 0. The van der Waals surface area contributed by atoms with Gasteiger partial charge in [0.25, 0.3) is 5.91 Å². The number of benzene rings is 2. The number of carbonyl (C=O) groups is 1. The molecule has 1 saturated heterocycles. The molecule has 2 aromatic carbocycles. The van der Waals surface area contributed by atoms with Crippen molar-refractivity contribution in [2.24, 2.45) is 0 Å². The molecule has 2 aromatic rings. The number of quaternary nitrogens is 2. The van der Waals surface area contributed by atoms with Crippen LogP contribution in [0.3, 0.4) is 0 Å². The molecule has 148 valence electrons. The van der Waals surface area contributed by atoms with Crippen LogP contribution in [0.25, 0.3) is 0 Å². The largest absolute Gasteiger partial charge is 0.454 e. The molecule has 28 heavy (non-hydrogen) atoms. The Labute approximate surface area is 166 Å². The van der Waals surface area contributed by atoms with Gasteiger partial charge in [-0.25, -0.2) is 0 Å². The number of amides is 1. The first kappa shape index (κ1) is 18.8. The van der Waals surface area contributed by atoms with Gasteiger partial charge in [0.1, 0.15) is 32.7 Å². The van der Waals surface area contributed by atoms with E-state index >= 15 is 0 Å². The summed E-state index contributed by atoms with van der Waals surface area (Å²) < 4.78 is 10.9. The average Bonchev–Trinajstić information content (AvgIpc) is 3.18. The van der Waals surface area contributed by atoms with Crippen LogP contribution in [0.2, 0.25) is 0 Å². The van der Waals surface area contributed by atoms with E-state index in [-0.39, 0.29) is 5.91 Å². The van der Waals surface area contributed by atoms with E-state index in [0.717, 1.165) is 56.3 Å². The molecule has 2 aliphatic rings. The third-order valence-corrected chi connectivity index (χ3v) is 5.64. The Morgan fingerprint density at radius 2 is 1.75 bits per heavy atom. The lowest BCUT2D eigenvalue weighted by atomic mass is 10.1. The highest BCUT2D eigenvalue weighted by Crippen LogP contribution is 2.32. The summed E-state index contributed by atoms with van der Waals surface area (Å²) in [5, 5.41) is 3.09. The molecule has 0 aliphatic carbocycles. The fraction of sp³-hybridized carbons (Fsp3) is 0.409. The van der Waals surface area contributed by atoms with Gasteiger partial charge in [-0.2, -0.15) is 0 Å². The fourth-order valence-electron chi connectivity index (χ4n) is 4.02. The number of rotatable bonds is 6. The Balaban J connectivity index is 1.24. The lowest BCUT2D eigenvalue weighted by molar-refractivity contribution is -1.02. The Hall–Kier alpha value is -2.57. The Kier molecular flexibility index (Phi) is 5.78. The average molecular weight is 383 g/mol. The quantitative estimate of drug-likeness (QED) is 0.653. The predicted octanol–water partition coefficient (Wildman–Crippen LogP) is -0.100. The second kappa shape index (κ2) is 8.63. The molecule has 6 nitrogen and oxygen atoms in total. The van der Waals surface area contributed by atoms with E-state index in [1.54, 1.807) is 4.90 Å². The number of ether oxygens (including phenoxy) is 2. The van der Waals surface area contributed by atoms with Crippen molar-refractivity contribution >= 4 is 11.6 Å². The molecule has 1 fully saturated rings. The zero-order chi connectivity index (χ0) is 19.3. The van der Waals surface area contributed by atoms with Gasteiger partial charge in [0.2, 0.25) is 6.79 Å². The van der Waals surface area contributed by atoms with E-state index < -0.39 is 0 Å². The van der Waals surface area contributed by atoms with E-state index in [9.17, 15) is 4.79 Å². The lowest BCUT2D eigenvalue weighted by Gasteiger charge is -2.29. The van der Waals surface area contributed by atoms with Crippen LogP contribution < -0.4 is 24.6 Å². The van der Waals surface area contributed by atoms with Gasteiger partial charge in [-0.3, -0.25) is 4.79 Å². The summed E-state index contributed by atoms with van der Waals surface area (Å²) in [6.45, 7) is 8.13. The van der Waals surface area contributed by atoms with Crippen LogP contribution in [0.5, 0.6) is 11.5 Å². The van der Waals surface area contributed by atoms with Crippen LogP contribution in [-0.4, -0.2) is 45.4 Å². The second-order valence-corrected chi connectivity index (χ2v) is 7.60. The van der Waals surface area contributed by atoms with Crippen molar-refractivity contribution in [2.75, 3.05) is 44.8 Å². The molecule has 0 aromatic heterocycles. The van der Waals surface area contributed by atoms with Crippen LogP contribution in [0.1, 0.15) is 18.1 Å². The van der Waals surface area contributed by atoms with Gasteiger partial charge in [0.05, 0.1) is 0 Å². The molecule has 2 aliphatic heterocycles. The zero-order valence-corrected chi connectivity index (χ0v) is 16.4. The summed E-state index contributed by atoms with van der Waals surface area (Å²) in [4.78, 5) is 15.4. The van der Waals surface area contributed by atoms with Gasteiger partial charge in [0.15, 0.2) is 18.0 Å². The monoisotopic (exact) mass is 383 g/mol. The van der Waals surface area contributed by atoms with Crippen molar-refractivity contribution in [3.05, 3.63) is 53.6 Å². The number of carbonyl (C=O) groups excluding carboxylic acids is 1. The molecule has 0 radical (unpaired) electrons. The summed E-state index contributed by atoms with van der Waals surface area (Å²) in [5.74, 6) is 1.80. The van der Waals surface area contributed by atoms with Gasteiger partial charge in [-0.15, -0.1) is 0 Å². The maximum atomic E-state index is 12.5. The Bertz CT molecular complexity index is 832. The zero-order valence-electron chi connectivity index (χ0n) is 16.4. The highest BCUT2D eigenvalue weighted by molar-refractivity contribution is 5.92. The van der Waals surface area contributed by atoms with Gasteiger partial charge < -0.3 is 24.6 Å². The van der Waals surface area contributed by atoms with Crippen molar-refractivity contribution < 1.29 is 24.1 Å². The minimum absolute atomic E-state index is 0.107. The lowest BCUT2D eigenvalue weighted by Crippen LogP contribution is -3.28. The van der Waals surface area contributed by atoms with Crippen molar-refractivity contribution in [1.29, 1.82) is 0 Å². The number of aryl methyl sites for hydroxylation is 1. The van der Waals surface area contributed by atoms with Gasteiger partial charge >= 0.3 is 0 Å². The topological polar surface area (TPSA) is 56.4 Å². The number of fused-ring (bicyclic) bond motifs is 1. The van der Waals surface area contributed by atoms with Crippen molar-refractivity contribution in [2.45, 2.75) is 19.9 Å². The molecule has 1 amide bonds. The first-order valence-electron chi connectivity index (χ1n) is 10.1. The van der Waals surface area contributed by atoms with Crippen molar-refractivity contribution in [1.82, 2.24) is 0 Å². The minimum atomic E-state index is 0.107. The first-order valence-corrected chi connectivity index (χ1v) is 10.1. The third kappa shape index (κ3) is 4.46. The van der Waals surface area contributed by atoms with Crippen LogP contribution in [0.15, 0.2) is 42.5 Å². The summed E-state index contributed by atoms with van der Waals surface area (Å²) in [6.07, 6.45) is 0.922. The molecule has 4 rings (SSSR count). The molecule has 0 unspecified atom stereocenters. The van der Waals surface area contributed by atoms with Crippen LogP contribution in [0.4, 0.5) is 5.69 Å². The van der Waals surface area contributed by atoms with Gasteiger partial charge in [-0.05, 0) is 36.2 Å². The summed E-state index contributed by atoms with van der Waals surface area (Å²) in [6, 6.07) is 14.3. The van der Waals surface area contributed by atoms with Crippen molar-refractivity contribution in [3.8, 4) is 11.5 Å². The van der Waals surface area contributed by atoms with Gasteiger partial charge in [-0.1, -0.05) is 25.1 Å². The summed E-state index contributed by atoms with van der Waals surface area (Å²) >= 11 is 0. The standard InChI is InChI=1S/C22H27N3O3/c1-2-18-5-3-4-6-19(18)23-22(26)15-25-11-9-24(10-12-25)14-17-7-8-20-21(13-17)28-16-27-20/h3-8,13H,2,9-12,14-16H2,1H3,(H,23,26)/p+2. The number of anilines is 1. The smallest absolute Gasteiger partial charge is 0.279 e. The Morgan fingerprint density at radius 3 is 2.57 bits per heavy atom. The van der Waals surface area contributed by atoms with E-state index in [0.29, 0.717) is 13.3 Å². The van der Waals surface area contributed by atoms with Crippen LogP contribution >= 0.6 is 0 Å². The molecule has 0 bridgehead atoms. The van der Waals surface area contributed by atoms with E-state index in [1.165, 1.54) is 16.0 Å². The van der Waals surface area contributed by atoms with E-state index in [4.69, 9.17) is 9.47 Å². The molecule has 2 heterocycles.